The Labute approximate surface area is 130 Å². The van der Waals surface area contributed by atoms with Crippen LogP contribution >= 0.6 is 0 Å². The SMILES string of the molecule is Cc1cc2nc(-c3cccnc3)n(CC(C)C#N)c2cc1C. The first kappa shape index (κ1) is 14.3. The van der Waals surface area contributed by atoms with Crippen molar-refractivity contribution in [2.24, 2.45) is 5.92 Å². The van der Waals surface area contributed by atoms with Crippen LogP contribution < -0.4 is 0 Å². The zero-order chi connectivity index (χ0) is 15.7. The quantitative estimate of drug-likeness (QED) is 0.735. The first-order chi connectivity index (χ1) is 10.6. The molecule has 110 valence electrons. The van der Waals surface area contributed by atoms with E-state index in [-0.39, 0.29) is 5.92 Å². The standard InChI is InChI=1S/C18H18N4/c1-12(9-19)11-22-17-8-14(3)13(2)7-16(17)21-18(22)15-5-4-6-20-10-15/h4-8,10,12H,11H2,1-3H3. The van der Waals surface area contributed by atoms with Gasteiger partial charge >= 0.3 is 0 Å². The topological polar surface area (TPSA) is 54.5 Å². The molecule has 22 heavy (non-hydrogen) atoms. The van der Waals surface area contributed by atoms with Crippen LogP contribution in [-0.2, 0) is 6.54 Å². The molecular formula is C18H18N4. The molecule has 0 N–H and O–H groups in total. The summed E-state index contributed by atoms with van der Waals surface area (Å²) in [5.74, 6) is 0.796. The first-order valence-electron chi connectivity index (χ1n) is 7.37. The van der Waals surface area contributed by atoms with Crippen LogP contribution in [0.3, 0.4) is 0 Å². The molecule has 2 aromatic heterocycles. The van der Waals surface area contributed by atoms with Gasteiger partial charge in [-0.3, -0.25) is 4.98 Å². The number of aromatic nitrogens is 3. The Morgan fingerprint density at radius 1 is 1.27 bits per heavy atom. The molecule has 1 atom stereocenters. The average molecular weight is 290 g/mol. The Hall–Kier alpha value is -2.67. The minimum atomic E-state index is -0.0746. The van der Waals surface area contributed by atoms with Crippen molar-refractivity contribution in [1.82, 2.24) is 14.5 Å². The van der Waals surface area contributed by atoms with Crippen LogP contribution in [0.15, 0.2) is 36.7 Å². The van der Waals surface area contributed by atoms with Crippen molar-refractivity contribution in [3.8, 4) is 17.5 Å². The van der Waals surface area contributed by atoms with Crippen LogP contribution in [0.1, 0.15) is 18.1 Å². The Bertz CT molecular complexity index is 856. The van der Waals surface area contributed by atoms with Crippen molar-refractivity contribution in [2.45, 2.75) is 27.3 Å². The highest BCUT2D eigenvalue weighted by Crippen LogP contribution is 2.27. The summed E-state index contributed by atoms with van der Waals surface area (Å²) in [4.78, 5) is 8.97. The number of rotatable bonds is 3. The second kappa shape index (κ2) is 5.61. The van der Waals surface area contributed by atoms with Gasteiger partial charge in [0.15, 0.2) is 0 Å². The molecule has 0 spiro atoms. The van der Waals surface area contributed by atoms with Gasteiger partial charge in [0.1, 0.15) is 5.82 Å². The van der Waals surface area contributed by atoms with Crippen LogP contribution in [0.4, 0.5) is 0 Å². The second-order valence-corrected chi connectivity index (χ2v) is 5.74. The van der Waals surface area contributed by atoms with E-state index in [1.807, 2.05) is 25.3 Å². The third-order valence-electron chi connectivity index (χ3n) is 3.96. The number of nitriles is 1. The predicted octanol–water partition coefficient (Wildman–Crippen LogP) is 3.87. The summed E-state index contributed by atoms with van der Waals surface area (Å²) < 4.78 is 2.13. The molecule has 1 aromatic carbocycles. The summed E-state index contributed by atoms with van der Waals surface area (Å²) in [6, 6.07) is 10.5. The largest absolute Gasteiger partial charge is 0.323 e. The van der Waals surface area contributed by atoms with Gasteiger partial charge in [0, 0.05) is 24.5 Å². The van der Waals surface area contributed by atoms with Gasteiger partial charge in [-0.1, -0.05) is 0 Å². The first-order valence-corrected chi connectivity index (χ1v) is 7.37. The number of imidazole rings is 1. The van der Waals surface area contributed by atoms with E-state index in [0.29, 0.717) is 6.54 Å². The normalized spacial score (nSPS) is 12.3. The number of benzene rings is 1. The highest BCUT2D eigenvalue weighted by atomic mass is 15.1. The summed E-state index contributed by atoms with van der Waals surface area (Å²) in [6.07, 6.45) is 3.57. The van der Waals surface area contributed by atoms with Gasteiger partial charge in [0.2, 0.25) is 0 Å². The van der Waals surface area contributed by atoms with Crippen molar-refractivity contribution < 1.29 is 0 Å². The fourth-order valence-electron chi connectivity index (χ4n) is 2.59. The van der Waals surface area contributed by atoms with Crippen molar-refractivity contribution in [2.75, 3.05) is 0 Å². The lowest BCUT2D eigenvalue weighted by Gasteiger charge is -2.11. The smallest absolute Gasteiger partial charge is 0.142 e. The third-order valence-corrected chi connectivity index (χ3v) is 3.96. The van der Waals surface area contributed by atoms with Gasteiger partial charge < -0.3 is 4.57 Å². The molecule has 0 fully saturated rings. The Morgan fingerprint density at radius 3 is 2.73 bits per heavy atom. The number of aryl methyl sites for hydroxylation is 2. The molecule has 0 aliphatic rings. The maximum Gasteiger partial charge on any atom is 0.142 e. The molecule has 2 heterocycles. The van der Waals surface area contributed by atoms with Crippen LogP contribution in [0.5, 0.6) is 0 Å². The minimum absolute atomic E-state index is 0.0746. The number of pyridine rings is 1. The summed E-state index contributed by atoms with van der Waals surface area (Å²) >= 11 is 0. The average Bonchev–Trinajstić information content (AvgIpc) is 2.86. The Balaban J connectivity index is 2.26. The highest BCUT2D eigenvalue weighted by Gasteiger charge is 2.15. The monoisotopic (exact) mass is 290 g/mol. The molecule has 0 aliphatic carbocycles. The fraction of sp³-hybridized carbons (Fsp3) is 0.278. The molecule has 3 rings (SSSR count). The van der Waals surface area contributed by atoms with Gasteiger partial charge in [-0.2, -0.15) is 5.26 Å². The van der Waals surface area contributed by atoms with E-state index in [9.17, 15) is 0 Å². The van der Waals surface area contributed by atoms with Crippen LogP contribution in [0.2, 0.25) is 0 Å². The lowest BCUT2D eigenvalue weighted by molar-refractivity contribution is 0.597. The van der Waals surface area contributed by atoms with E-state index in [0.717, 1.165) is 22.4 Å². The van der Waals surface area contributed by atoms with Crippen LogP contribution in [0, 0.1) is 31.1 Å². The number of hydrogen-bond acceptors (Lipinski definition) is 3. The molecule has 4 heteroatoms. The van der Waals surface area contributed by atoms with Crippen molar-refractivity contribution in [3.63, 3.8) is 0 Å². The molecule has 0 saturated carbocycles. The summed E-state index contributed by atoms with van der Waals surface area (Å²) in [5, 5.41) is 9.17. The number of fused-ring (bicyclic) bond motifs is 1. The van der Waals surface area contributed by atoms with Gasteiger partial charge in [-0.15, -0.1) is 0 Å². The zero-order valence-corrected chi connectivity index (χ0v) is 13.0. The molecule has 0 amide bonds. The highest BCUT2D eigenvalue weighted by molar-refractivity contribution is 5.82. The van der Waals surface area contributed by atoms with Gasteiger partial charge in [-0.25, -0.2) is 4.98 Å². The van der Waals surface area contributed by atoms with Crippen molar-refractivity contribution in [1.29, 1.82) is 5.26 Å². The van der Waals surface area contributed by atoms with Gasteiger partial charge in [-0.05, 0) is 56.2 Å². The maximum absolute atomic E-state index is 9.17. The Morgan fingerprint density at radius 2 is 2.05 bits per heavy atom. The minimum Gasteiger partial charge on any atom is -0.323 e. The van der Waals surface area contributed by atoms with Crippen molar-refractivity contribution >= 4 is 11.0 Å². The second-order valence-electron chi connectivity index (χ2n) is 5.74. The van der Waals surface area contributed by atoms with E-state index in [1.165, 1.54) is 11.1 Å². The number of hydrogen-bond donors (Lipinski definition) is 0. The molecule has 0 aliphatic heterocycles. The predicted molar refractivity (Wildman–Crippen MR) is 87.2 cm³/mol. The maximum atomic E-state index is 9.17. The van der Waals surface area contributed by atoms with E-state index >= 15 is 0 Å². The summed E-state index contributed by atoms with van der Waals surface area (Å²) in [7, 11) is 0. The van der Waals surface area contributed by atoms with Crippen molar-refractivity contribution in [3.05, 3.63) is 47.8 Å². The van der Waals surface area contributed by atoms with E-state index < -0.39 is 0 Å². The van der Waals surface area contributed by atoms with Crippen LogP contribution in [0.25, 0.3) is 22.4 Å². The van der Waals surface area contributed by atoms with E-state index in [4.69, 9.17) is 10.2 Å². The zero-order valence-electron chi connectivity index (χ0n) is 13.0. The fourth-order valence-corrected chi connectivity index (χ4v) is 2.59. The Kier molecular flexibility index (Phi) is 3.64. The molecule has 0 radical (unpaired) electrons. The number of nitrogens with zero attached hydrogens (tertiary/aromatic N) is 4. The van der Waals surface area contributed by atoms with Gasteiger partial charge in [0.25, 0.3) is 0 Å². The third kappa shape index (κ3) is 2.46. The molecule has 3 aromatic rings. The van der Waals surface area contributed by atoms with Gasteiger partial charge in [0.05, 0.1) is 23.0 Å². The van der Waals surface area contributed by atoms with E-state index in [1.54, 1.807) is 6.20 Å². The molecule has 1 unspecified atom stereocenters. The molecular weight excluding hydrogens is 272 g/mol. The van der Waals surface area contributed by atoms with Crippen LogP contribution in [-0.4, -0.2) is 14.5 Å². The lowest BCUT2D eigenvalue weighted by atomic mass is 10.1. The molecule has 0 bridgehead atoms. The van der Waals surface area contributed by atoms with E-state index in [2.05, 4.69) is 41.6 Å². The molecule has 0 saturated heterocycles. The lowest BCUT2D eigenvalue weighted by Crippen LogP contribution is -2.07. The molecule has 4 nitrogen and oxygen atoms in total. The summed E-state index contributed by atoms with van der Waals surface area (Å²) in [6.45, 7) is 6.75. The summed E-state index contributed by atoms with van der Waals surface area (Å²) in [5.41, 5.74) is 5.47.